The van der Waals surface area contributed by atoms with E-state index in [0.29, 0.717) is 12.0 Å². The van der Waals surface area contributed by atoms with Gasteiger partial charge in [0.1, 0.15) is 12.6 Å². The Kier molecular flexibility index (Phi) is 10.6. The lowest BCUT2D eigenvalue weighted by Crippen LogP contribution is -2.53. The number of hydrazine groups is 1. The number of benzene rings is 3. The maximum absolute atomic E-state index is 13.5. The molecule has 1 unspecified atom stereocenters. The van der Waals surface area contributed by atoms with Crippen molar-refractivity contribution in [3.05, 3.63) is 106 Å². The molecule has 4 aromatic rings. The van der Waals surface area contributed by atoms with Crippen molar-refractivity contribution in [3.63, 3.8) is 0 Å². The second-order valence-electron chi connectivity index (χ2n) is 12.6. The van der Waals surface area contributed by atoms with Crippen molar-refractivity contribution in [2.75, 3.05) is 13.2 Å². The number of hydrogen-bond donors (Lipinski definition) is 1. The number of imide groups is 1. The van der Waals surface area contributed by atoms with Crippen LogP contribution in [0.15, 0.2) is 89.0 Å². The van der Waals surface area contributed by atoms with Crippen LogP contribution in [0.25, 0.3) is 16.9 Å². The third kappa shape index (κ3) is 8.27. The summed E-state index contributed by atoms with van der Waals surface area (Å²) >= 11 is 0. The molecule has 1 N–H and O–H groups in total. The number of ether oxygens (including phenoxy) is 1. The second kappa shape index (κ2) is 15.2. The molecule has 0 spiro atoms. The van der Waals surface area contributed by atoms with Crippen molar-refractivity contribution in [2.45, 2.75) is 56.5 Å². The zero-order valence-electron chi connectivity index (χ0n) is 29.1. The lowest BCUT2D eigenvalue weighted by Gasteiger charge is -2.35. The number of halogens is 3. The summed E-state index contributed by atoms with van der Waals surface area (Å²) < 4.78 is 74.5. The first-order valence-corrected chi connectivity index (χ1v) is 18.2. The predicted molar refractivity (Wildman–Crippen MR) is 183 cm³/mol. The van der Waals surface area contributed by atoms with Crippen LogP contribution in [-0.2, 0) is 35.4 Å². The lowest BCUT2D eigenvalue weighted by atomic mass is 10.1. The molecule has 0 aliphatic carbocycles. The number of nitrogens with one attached hydrogen (secondary N) is 1. The molecule has 0 bridgehead atoms. The molecule has 0 saturated carbocycles. The third-order valence-electron chi connectivity index (χ3n) is 8.77. The van der Waals surface area contributed by atoms with E-state index in [4.69, 9.17) is 9.57 Å². The van der Waals surface area contributed by atoms with Gasteiger partial charge in [0.2, 0.25) is 17.4 Å². The summed E-state index contributed by atoms with van der Waals surface area (Å²) in [5.74, 6) is -3.07. The molecule has 3 amide bonds. The molecule has 16 nitrogen and oxygen atoms in total. The lowest BCUT2D eigenvalue weighted by molar-refractivity contribution is -0.733. The van der Waals surface area contributed by atoms with Crippen LogP contribution in [0.5, 0.6) is 0 Å². The van der Waals surface area contributed by atoms with Crippen LogP contribution in [0.1, 0.15) is 58.2 Å². The Bertz CT molecular complexity index is 2240. The van der Waals surface area contributed by atoms with E-state index in [1.54, 1.807) is 36.4 Å². The summed E-state index contributed by atoms with van der Waals surface area (Å²) in [6.45, 7) is 3.16. The van der Waals surface area contributed by atoms with Gasteiger partial charge in [-0.25, -0.2) is 22.7 Å². The van der Waals surface area contributed by atoms with Gasteiger partial charge in [0.25, 0.3) is 21.8 Å². The molecule has 2 atom stereocenters. The first kappa shape index (κ1) is 38.4. The minimum atomic E-state index is -4.73. The van der Waals surface area contributed by atoms with Gasteiger partial charge in [0.15, 0.2) is 5.69 Å². The molecule has 3 aromatic carbocycles. The van der Waals surface area contributed by atoms with Crippen LogP contribution < -0.4 is 4.72 Å². The quantitative estimate of drug-likeness (QED) is 0.0659. The molecule has 0 radical (unpaired) electrons. The number of fused-ring (bicyclic) bond motifs is 1. The number of hydrogen-bond acceptors (Lipinski definition) is 11. The van der Waals surface area contributed by atoms with E-state index in [0.717, 1.165) is 38.4 Å². The summed E-state index contributed by atoms with van der Waals surface area (Å²) in [6.07, 6.45) is -6.57. The first-order chi connectivity index (χ1) is 26.0. The molecule has 6 rings (SSSR count). The Morgan fingerprint density at radius 3 is 2.24 bits per heavy atom. The monoisotopic (exact) mass is 783 g/mol. The highest BCUT2D eigenvalue weighted by Crippen LogP contribution is 2.33. The molecule has 1 saturated heterocycles. The number of rotatable bonds is 13. The Labute approximate surface area is 311 Å². The van der Waals surface area contributed by atoms with Gasteiger partial charge in [0.05, 0.1) is 45.3 Å². The van der Waals surface area contributed by atoms with Gasteiger partial charge in [-0.05, 0) is 62.7 Å². The molecule has 2 aliphatic rings. The zero-order valence-corrected chi connectivity index (χ0v) is 29.9. The second-order valence-corrected chi connectivity index (χ2v) is 14.2. The van der Waals surface area contributed by atoms with Crippen molar-refractivity contribution >= 4 is 33.7 Å². The van der Waals surface area contributed by atoms with Gasteiger partial charge in [-0.3, -0.25) is 19.2 Å². The molecular weight excluding hydrogens is 751 g/mol. The fourth-order valence-corrected chi connectivity index (χ4v) is 6.73. The third-order valence-corrected chi connectivity index (χ3v) is 10.2. The van der Waals surface area contributed by atoms with Crippen LogP contribution in [0.3, 0.4) is 0 Å². The van der Waals surface area contributed by atoms with Crippen molar-refractivity contribution < 1.29 is 55.3 Å². The molecule has 3 heterocycles. The van der Waals surface area contributed by atoms with Gasteiger partial charge in [-0.15, -0.1) is 5.01 Å². The number of alkyl halides is 3. The van der Waals surface area contributed by atoms with E-state index in [1.165, 1.54) is 31.2 Å². The van der Waals surface area contributed by atoms with Crippen molar-refractivity contribution in [2.24, 2.45) is 5.28 Å². The van der Waals surface area contributed by atoms with Gasteiger partial charge in [-0.2, -0.15) is 18.3 Å². The van der Waals surface area contributed by atoms with E-state index in [1.807, 2.05) is 11.6 Å². The Morgan fingerprint density at radius 2 is 1.65 bits per heavy atom. The summed E-state index contributed by atoms with van der Waals surface area (Å²) in [5, 5.41) is 20.8. The zero-order chi connectivity index (χ0) is 39.7. The van der Waals surface area contributed by atoms with Crippen LogP contribution in [0, 0.1) is 12.1 Å². The van der Waals surface area contributed by atoms with Crippen LogP contribution in [-0.4, -0.2) is 82.2 Å². The van der Waals surface area contributed by atoms with Gasteiger partial charge < -0.3 is 14.8 Å². The van der Waals surface area contributed by atoms with E-state index in [-0.39, 0.29) is 45.5 Å². The number of amides is 3. The van der Waals surface area contributed by atoms with E-state index < -0.39 is 70.7 Å². The smallest absolute Gasteiger partial charge is 0.435 e. The maximum atomic E-state index is 13.5. The number of sulfonamides is 1. The van der Waals surface area contributed by atoms with Crippen molar-refractivity contribution in [1.29, 1.82) is 0 Å². The number of aryl methyl sites for hydroxylation is 1. The Hall–Kier alpha value is -6.31. The van der Waals surface area contributed by atoms with Gasteiger partial charge in [-0.1, -0.05) is 42.0 Å². The number of carbonyl (C=O) groups excluding carboxylic acids is 4. The van der Waals surface area contributed by atoms with Gasteiger partial charge in [0, 0.05) is 12.0 Å². The van der Waals surface area contributed by atoms with Crippen molar-refractivity contribution in [3.8, 4) is 16.9 Å². The van der Waals surface area contributed by atoms with E-state index in [2.05, 4.69) is 10.4 Å². The highest BCUT2D eigenvalue weighted by molar-refractivity contribution is 7.90. The molecule has 288 valence electrons. The average Bonchev–Trinajstić information content (AvgIpc) is 3.69. The first-order valence-electron chi connectivity index (χ1n) is 16.7. The van der Waals surface area contributed by atoms with Crippen LogP contribution in [0.2, 0.25) is 0 Å². The fraction of sp³-hybridized carbons (Fsp3) is 0.286. The molecule has 1 aromatic heterocycles. The number of aromatic nitrogens is 2. The number of carbonyl (C=O) groups is 4. The standard InChI is InChI=1S/C35H32F3N7O9S/c1-21-7-9-23(10-8-21)29-19-30(35(36,37)38)39-44(29)24-11-13-26(14-12-24)55(51,52)40-31(46)15-16-32(47)53-20-25-17-18-42(25)45(50)41-54-22(2)43-33(48)27-5-3-4-6-28(27)34(43)49/h3-14,19,22,25H,15-18,20H2,1-2H3,(H,40,46)/b45-41-/t22?,25-/m0/s1. The molecule has 2 aliphatic heterocycles. The van der Waals surface area contributed by atoms with E-state index >= 15 is 0 Å². The Morgan fingerprint density at radius 1 is 1.02 bits per heavy atom. The highest BCUT2D eigenvalue weighted by Gasteiger charge is 2.41. The molecule has 55 heavy (non-hydrogen) atoms. The maximum Gasteiger partial charge on any atom is 0.435 e. The summed E-state index contributed by atoms with van der Waals surface area (Å²) in [7, 11) is -4.44. The average molecular weight is 784 g/mol. The van der Waals surface area contributed by atoms with E-state index in [9.17, 15) is 46.0 Å². The van der Waals surface area contributed by atoms with Crippen molar-refractivity contribution in [1.82, 2.24) is 24.4 Å². The number of nitrogens with zero attached hydrogens (tertiary/aromatic N) is 6. The molecular formula is C35H32F3N7O9S. The largest absolute Gasteiger partial charge is 0.569 e. The molecule has 1 fully saturated rings. The summed E-state index contributed by atoms with van der Waals surface area (Å²) in [5.41, 5.74) is 0.845. The Balaban J connectivity index is 0.978. The predicted octanol–water partition coefficient (Wildman–Crippen LogP) is 4.52. The topological polar surface area (TPSA) is 196 Å². The minimum Gasteiger partial charge on any atom is -0.569 e. The highest BCUT2D eigenvalue weighted by atomic mass is 32.2. The summed E-state index contributed by atoms with van der Waals surface area (Å²) in [4.78, 5) is 55.7. The minimum absolute atomic E-state index is 0.110. The SMILES string of the molecule is Cc1ccc(-c2cc(C(F)(F)F)nn2-c2ccc(S(=O)(=O)NC(=O)CCC(=O)OC[C@@H]3CCN3/[N+]([O-])=N/OC(C)N3C(=O)c4ccccc4C3=O)cc2)cc1. The summed E-state index contributed by atoms with van der Waals surface area (Å²) in [6, 6.07) is 17.9. The number of esters is 1. The van der Waals surface area contributed by atoms with Gasteiger partial charge >= 0.3 is 12.1 Å². The van der Waals surface area contributed by atoms with Crippen LogP contribution in [0.4, 0.5) is 13.2 Å². The van der Waals surface area contributed by atoms with Crippen LogP contribution >= 0.6 is 0 Å². The normalized spacial score (nSPS) is 16.4. The fourth-order valence-electron chi connectivity index (χ4n) is 5.71. The molecule has 20 heteroatoms.